The van der Waals surface area contributed by atoms with Crippen molar-refractivity contribution < 1.29 is 9.90 Å². The summed E-state index contributed by atoms with van der Waals surface area (Å²) in [5, 5.41) is 8.84. The Morgan fingerprint density at radius 2 is 2.17 bits per heavy atom. The number of carboxylic acids is 1. The molecule has 0 saturated heterocycles. The lowest BCUT2D eigenvalue weighted by Gasteiger charge is -2.04. The quantitative estimate of drug-likeness (QED) is 0.798. The first-order valence-corrected chi connectivity index (χ1v) is 5.09. The molecule has 0 aliphatic heterocycles. The Morgan fingerprint density at radius 1 is 1.58 bits per heavy atom. The molecule has 0 heterocycles. The highest BCUT2D eigenvalue weighted by Gasteiger charge is 2.13. The lowest BCUT2D eigenvalue weighted by molar-refractivity contribution is 0.0694. The van der Waals surface area contributed by atoms with Gasteiger partial charge in [0.15, 0.2) is 0 Å². The Hall–Kier alpha value is -0.100. The molecular weight excluding hydrogens is 335 g/mol. The van der Waals surface area contributed by atoms with Crippen LogP contribution in [0.2, 0.25) is 0 Å². The molecule has 0 amide bonds. The lowest BCUT2D eigenvalue weighted by atomic mass is 10.1. The van der Waals surface area contributed by atoms with E-state index in [1.807, 2.05) is 35.6 Å². The van der Waals surface area contributed by atoms with Gasteiger partial charge in [-0.15, -0.1) is 0 Å². The highest BCUT2D eigenvalue weighted by atomic mass is 127. The van der Waals surface area contributed by atoms with Crippen LogP contribution in [0.1, 0.15) is 15.9 Å². The number of carbonyl (C=O) groups is 1. The summed E-state index contributed by atoms with van der Waals surface area (Å²) in [6, 6.07) is 3.64. The Morgan fingerprint density at radius 3 is 2.58 bits per heavy atom. The van der Waals surface area contributed by atoms with Crippen molar-refractivity contribution in [2.24, 2.45) is 0 Å². The van der Waals surface area contributed by atoms with Crippen LogP contribution < -0.4 is 0 Å². The molecule has 0 aliphatic rings. The summed E-state index contributed by atoms with van der Waals surface area (Å²) in [5.41, 5.74) is 1.33. The van der Waals surface area contributed by atoms with Gasteiger partial charge in [0.2, 0.25) is 0 Å². The molecule has 0 bridgehead atoms. The number of hydrogen-bond donors (Lipinski definition) is 1. The minimum Gasteiger partial charge on any atom is -0.478 e. The molecule has 0 unspecified atom stereocenters. The third-order valence-corrected chi connectivity index (χ3v) is 3.55. The Kier molecular flexibility index (Phi) is 3.11. The van der Waals surface area contributed by atoms with Gasteiger partial charge in [-0.1, -0.05) is 6.07 Å². The Balaban J connectivity index is 3.43. The average molecular weight is 341 g/mol. The van der Waals surface area contributed by atoms with Crippen LogP contribution in [-0.4, -0.2) is 11.1 Å². The Bertz CT molecular complexity index is 336. The minimum absolute atomic E-state index is 0.343. The fourth-order valence-electron chi connectivity index (χ4n) is 0.853. The number of benzene rings is 1. The molecule has 0 radical (unpaired) electrons. The molecule has 0 atom stereocenters. The molecule has 0 aliphatic carbocycles. The van der Waals surface area contributed by atoms with E-state index in [2.05, 4.69) is 15.9 Å². The highest BCUT2D eigenvalue weighted by Crippen LogP contribution is 2.24. The maximum atomic E-state index is 10.8. The predicted octanol–water partition coefficient (Wildman–Crippen LogP) is 3.06. The fourth-order valence-corrected chi connectivity index (χ4v) is 2.42. The van der Waals surface area contributed by atoms with Gasteiger partial charge in [0.25, 0.3) is 0 Å². The van der Waals surface area contributed by atoms with E-state index in [9.17, 15) is 4.79 Å². The SMILES string of the molecule is Cc1ccc(Br)c(C(=O)O)c1I. The van der Waals surface area contributed by atoms with Crippen molar-refractivity contribution in [1.82, 2.24) is 0 Å². The van der Waals surface area contributed by atoms with Gasteiger partial charge < -0.3 is 5.11 Å². The molecule has 0 fully saturated rings. The number of rotatable bonds is 1. The number of aromatic carboxylic acids is 1. The van der Waals surface area contributed by atoms with E-state index in [0.717, 1.165) is 9.13 Å². The van der Waals surface area contributed by atoms with Crippen LogP contribution in [-0.2, 0) is 0 Å². The summed E-state index contributed by atoms with van der Waals surface area (Å²) < 4.78 is 1.42. The molecule has 4 heteroatoms. The summed E-state index contributed by atoms with van der Waals surface area (Å²) in [6.45, 7) is 1.89. The smallest absolute Gasteiger partial charge is 0.337 e. The zero-order valence-corrected chi connectivity index (χ0v) is 10.0. The van der Waals surface area contributed by atoms with Gasteiger partial charge in [-0.2, -0.15) is 0 Å². The summed E-state index contributed by atoms with van der Waals surface area (Å²) in [4.78, 5) is 10.8. The molecule has 1 aromatic carbocycles. The van der Waals surface area contributed by atoms with Gasteiger partial charge in [0.1, 0.15) is 0 Å². The van der Waals surface area contributed by atoms with Crippen molar-refractivity contribution >= 4 is 44.5 Å². The second kappa shape index (κ2) is 3.74. The molecule has 0 saturated carbocycles. The first kappa shape index (κ1) is 9.98. The van der Waals surface area contributed by atoms with Crippen molar-refractivity contribution in [1.29, 1.82) is 0 Å². The summed E-state index contributed by atoms with van der Waals surface area (Å²) in [7, 11) is 0. The van der Waals surface area contributed by atoms with E-state index >= 15 is 0 Å². The summed E-state index contributed by atoms with van der Waals surface area (Å²) in [6.07, 6.45) is 0. The Labute approximate surface area is 92.2 Å². The van der Waals surface area contributed by atoms with Gasteiger partial charge in [0.05, 0.1) is 5.56 Å². The predicted molar refractivity (Wildman–Crippen MR) is 58.6 cm³/mol. The van der Waals surface area contributed by atoms with Crippen LogP contribution >= 0.6 is 38.5 Å². The van der Waals surface area contributed by atoms with Crippen LogP contribution in [0.5, 0.6) is 0 Å². The molecular formula is C8H6BrIO2. The summed E-state index contributed by atoms with van der Waals surface area (Å²) in [5.74, 6) is -0.894. The first-order valence-electron chi connectivity index (χ1n) is 3.22. The van der Waals surface area contributed by atoms with Crippen LogP contribution in [0.15, 0.2) is 16.6 Å². The van der Waals surface area contributed by atoms with Crippen LogP contribution in [0.3, 0.4) is 0 Å². The van der Waals surface area contributed by atoms with Crippen LogP contribution in [0.4, 0.5) is 0 Å². The van der Waals surface area contributed by atoms with E-state index in [0.29, 0.717) is 10.0 Å². The lowest BCUT2D eigenvalue weighted by Crippen LogP contribution is -2.02. The number of halogens is 2. The maximum Gasteiger partial charge on any atom is 0.337 e. The van der Waals surface area contributed by atoms with E-state index < -0.39 is 5.97 Å². The van der Waals surface area contributed by atoms with Crippen LogP contribution in [0.25, 0.3) is 0 Å². The molecule has 1 aromatic rings. The molecule has 1 rings (SSSR count). The van der Waals surface area contributed by atoms with E-state index in [4.69, 9.17) is 5.11 Å². The van der Waals surface area contributed by atoms with Crippen molar-refractivity contribution in [3.05, 3.63) is 31.3 Å². The van der Waals surface area contributed by atoms with Crippen molar-refractivity contribution in [2.75, 3.05) is 0 Å². The average Bonchev–Trinajstić information content (AvgIpc) is 1.97. The van der Waals surface area contributed by atoms with E-state index in [1.165, 1.54) is 0 Å². The molecule has 0 aromatic heterocycles. The van der Waals surface area contributed by atoms with E-state index in [-0.39, 0.29) is 0 Å². The standard InChI is InChI=1S/C8H6BrIO2/c1-4-2-3-5(9)6(7(4)10)8(11)12/h2-3H,1H3,(H,11,12). The van der Waals surface area contributed by atoms with Crippen molar-refractivity contribution in [2.45, 2.75) is 6.92 Å². The highest BCUT2D eigenvalue weighted by molar-refractivity contribution is 14.1. The third kappa shape index (κ3) is 1.80. The molecule has 12 heavy (non-hydrogen) atoms. The second-order valence-electron chi connectivity index (χ2n) is 2.36. The van der Waals surface area contributed by atoms with Gasteiger partial charge in [0, 0.05) is 8.04 Å². The van der Waals surface area contributed by atoms with Gasteiger partial charge in [-0.25, -0.2) is 4.79 Å². The molecule has 2 nitrogen and oxygen atoms in total. The van der Waals surface area contributed by atoms with Gasteiger partial charge in [-0.05, 0) is 57.1 Å². The summed E-state index contributed by atoms with van der Waals surface area (Å²) >= 11 is 5.23. The van der Waals surface area contributed by atoms with Gasteiger partial charge in [-0.3, -0.25) is 0 Å². The zero-order valence-electron chi connectivity index (χ0n) is 6.27. The monoisotopic (exact) mass is 340 g/mol. The van der Waals surface area contributed by atoms with Crippen molar-refractivity contribution in [3.63, 3.8) is 0 Å². The van der Waals surface area contributed by atoms with Crippen molar-refractivity contribution in [3.8, 4) is 0 Å². The third-order valence-electron chi connectivity index (χ3n) is 1.50. The van der Waals surface area contributed by atoms with Gasteiger partial charge >= 0.3 is 5.97 Å². The molecule has 0 spiro atoms. The minimum atomic E-state index is -0.894. The van der Waals surface area contributed by atoms with E-state index in [1.54, 1.807) is 6.07 Å². The largest absolute Gasteiger partial charge is 0.478 e. The fraction of sp³-hybridized carbons (Fsp3) is 0.125. The molecule has 64 valence electrons. The first-order chi connectivity index (χ1) is 5.54. The molecule has 1 N–H and O–H groups in total. The number of carboxylic acid groups (broad SMARTS) is 1. The number of hydrogen-bond acceptors (Lipinski definition) is 1. The topological polar surface area (TPSA) is 37.3 Å². The normalized spacial score (nSPS) is 9.92. The second-order valence-corrected chi connectivity index (χ2v) is 4.29. The zero-order chi connectivity index (χ0) is 9.30. The number of aryl methyl sites for hydroxylation is 1. The maximum absolute atomic E-state index is 10.8. The van der Waals surface area contributed by atoms with Crippen LogP contribution in [0, 0.1) is 10.5 Å².